The van der Waals surface area contributed by atoms with Gasteiger partial charge in [0.15, 0.2) is 5.82 Å². The zero-order valence-electron chi connectivity index (χ0n) is 17.1. The van der Waals surface area contributed by atoms with Crippen molar-refractivity contribution >= 4 is 11.6 Å². The van der Waals surface area contributed by atoms with Crippen LogP contribution in [-0.2, 0) is 11.2 Å². The molecule has 1 aliphatic carbocycles. The number of phenols is 1. The molecule has 1 atom stereocenters. The quantitative estimate of drug-likeness (QED) is 0.717. The van der Waals surface area contributed by atoms with Crippen molar-refractivity contribution in [3.63, 3.8) is 0 Å². The predicted molar refractivity (Wildman–Crippen MR) is 116 cm³/mol. The van der Waals surface area contributed by atoms with Crippen molar-refractivity contribution in [2.45, 2.75) is 44.6 Å². The van der Waals surface area contributed by atoms with Crippen LogP contribution in [0, 0.1) is 5.92 Å². The summed E-state index contributed by atoms with van der Waals surface area (Å²) in [6.07, 6.45) is 6.77. The summed E-state index contributed by atoms with van der Waals surface area (Å²) in [5.41, 5.74) is 4.31. The van der Waals surface area contributed by atoms with Crippen LogP contribution in [0.2, 0.25) is 0 Å². The minimum Gasteiger partial charge on any atom is -0.508 e. The van der Waals surface area contributed by atoms with Crippen LogP contribution in [0.4, 0.5) is 0 Å². The summed E-state index contributed by atoms with van der Waals surface area (Å²) in [5, 5.41) is 13.2. The first-order chi connectivity index (χ1) is 14.7. The molecule has 0 radical (unpaired) electrons. The monoisotopic (exact) mass is 402 g/mol. The number of nitrogens with zero attached hydrogens (tertiary/aromatic N) is 1. The van der Waals surface area contributed by atoms with Gasteiger partial charge in [-0.3, -0.25) is 9.69 Å². The van der Waals surface area contributed by atoms with Crippen LogP contribution in [0.3, 0.4) is 0 Å². The molecule has 2 aliphatic heterocycles. The van der Waals surface area contributed by atoms with E-state index in [0.717, 1.165) is 34.8 Å². The highest BCUT2D eigenvalue weighted by molar-refractivity contribution is 6.02. The van der Waals surface area contributed by atoms with Crippen LogP contribution in [0.5, 0.6) is 5.75 Å². The average Bonchev–Trinajstić information content (AvgIpc) is 3.38. The van der Waals surface area contributed by atoms with Gasteiger partial charge < -0.3 is 10.4 Å². The van der Waals surface area contributed by atoms with Gasteiger partial charge in [-0.15, -0.1) is 0 Å². The van der Waals surface area contributed by atoms with E-state index < -0.39 is 0 Å². The normalized spacial score (nSPS) is 21.6. The third-order valence-corrected chi connectivity index (χ3v) is 6.51. The third kappa shape index (κ3) is 3.72. The van der Waals surface area contributed by atoms with Gasteiger partial charge in [-0.25, -0.2) is 4.99 Å². The minimum atomic E-state index is -0.234. The van der Waals surface area contributed by atoms with E-state index in [1.54, 1.807) is 12.1 Å². The zero-order chi connectivity index (χ0) is 20.5. The van der Waals surface area contributed by atoms with Gasteiger partial charge in [0.1, 0.15) is 18.3 Å². The van der Waals surface area contributed by atoms with Crippen molar-refractivity contribution in [3.8, 4) is 5.75 Å². The Kier molecular flexibility index (Phi) is 5.03. The summed E-state index contributed by atoms with van der Waals surface area (Å²) in [6, 6.07) is 17.2. The standard InChI is InChI=1S/C25H27N3O2/c29-20-12-10-19(11-13-20)23-16-28-24(21(26-23)14-17-8-4-5-9-17)27-22(25(28)30)15-18-6-2-1-3-7-18/h1-3,6-7,10-13,17,22,27,29H,4-5,8-9,14-16H2/p+1. The second-order valence-corrected chi connectivity index (χ2v) is 8.64. The molecule has 2 fully saturated rings. The smallest absolute Gasteiger partial charge is 0.251 e. The molecule has 0 aromatic heterocycles. The molecule has 0 bridgehead atoms. The molecule has 2 aromatic rings. The number of benzene rings is 2. The predicted octanol–water partition coefficient (Wildman–Crippen LogP) is 2.07. The van der Waals surface area contributed by atoms with Gasteiger partial charge >= 0.3 is 0 Å². The van der Waals surface area contributed by atoms with Crippen molar-refractivity contribution < 1.29 is 14.9 Å². The summed E-state index contributed by atoms with van der Waals surface area (Å²) in [4.78, 5) is 18.9. The number of amides is 1. The Bertz CT molecular complexity index is 989. The maximum absolute atomic E-state index is 13.3. The zero-order valence-corrected chi connectivity index (χ0v) is 17.1. The maximum Gasteiger partial charge on any atom is 0.251 e. The first kappa shape index (κ1) is 18.9. The van der Waals surface area contributed by atoms with Gasteiger partial charge in [-0.2, -0.15) is 0 Å². The Balaban J connectivity index is 1.45. The van der Waals surface area contributed by atoms with Gasteiger partial charge in [0.2, 0.25) is 11.4 Å². The van der Waals surface area contributed by atoms with Crippen molar-refractivity contribution in [2.24, 2.45) is 5.92 Å². The highest BCUT2D eigenvalue weighted by atomic mass is 16.3. The molecular weight excluding hydrogens is 374 g/mol. The topological polar surface area (TPSA) is 66.5 Å². The van der Waals surface area contributed by atoms with Crippen LogP contribution < -0.4 is 10.3 Å². The molecule has 5 nitrogen and oxygen atoms in total. The molecule has 3 aliphatic rings. The lowest BCUT2D eigenvalue weighted by Crippen LogP contribution is -2.76. The molecule has 3 N–H and O–H groups in total. The van der Waals surface area contributed by atoms with Gasteiger partial charge in [0.25, 0.3) is 5.91 Å². The summed E-state index contributed by atoms with van der Waals surface area (Å²) >= 11 is 0. The SMILES string of the molecule is O=C1C(Cc2ccccc2)NC2=C(CC3CCCC3)[NH+]=C(c3ccc(O)cc3)CN12. The number of phenolic OH excluding ortho intramolecular Hbond substituents is 1. The van der Waals surface area contributed by atoms with Crippen molar-refractivity contribution in [2.75, 3.05) is 6.54 Å². The lowest BCUT2D eigenvalue weighted by molar-refractivity contribution is -0.408. The van der Waals surface area contributed by atoms with Crippen LogP contribution in [0.1, 0.15) is 43.2 Å². The number of rotatable bonds is 5. The second kappa shape index (κ2) is 7.98. The lowest BCUT2D eigenvalue weighted by Gasteiger charge is -2.21. The number of hydrogen-bond donors (Lipinski definition) is 3. The highest BCUT2D eigenvalue weighted by Gasteiger charge is 2.43. The van der Waals surface area contributed by atoms with E-state index >= 15 is 0 Å². The third-order valence-electron chi connectivity index (χ3n) is 6.51. The first-order valence-corrected chi connectivity index (χ1v) is 10.9. The Morgan fingerprint density at radius 1 is 1.00 bits per heavy atom. The summed E-state index contributed by atoms with van der Waals surface area (Å²) in [7, 11) is 0. The van der Waals surface area contributed by atoms with E-state index in [0.29, 0.717) is 18.9 Å². The Morgan fingerprint density at radius 3 is 2.47 bits per heavy atom. The van der Waals surface area contributed by atoms with Gasteiger partial charge in [-0.1, -0.05) is 43.2 Å². The second-order valence-electron chi connectivity index (χ2n) is 8.64. The Morgan fingerprint density at radius 2 is 1.73 bits per heavy atom. The molecule has 154 valence electrons. The number of carbonyl (C=O) groups excluding carboxylic acids is 1. The number of hydrogen-bond acceptors (Lipinski definition) is 3. The van der Waals surface area contributed by atoms with E-state index in [4.69, 9.17) is 0 Å². The summed E-state index contributed by atoms with van der Waals surface area (Å²) in [6.45, 7) is 0.519. The number of fused-ring (bicyclic) bond motifs is 1. The minimum absolute atomic E-state index is 0.135. The average molecular weight is 403 g/mol. The summed E-state index contributed by atoms with van der Waals surface area (Å²) in [5.74, 6) is 2.01. The summed E-state index contributed by atoms with van der Waals surface area (Å²) < 4.78 is 0. The number of nitrogens with one attached hydrogen (secondary N) is 2. The fourth-order valence-corrected chi connectivity index (χ4v) is 4.91. The van der Waals surface area contributed by atoms with E-state index in [2.05, 4.69) is 22.4 Å². The highest BCUT2D eigenvalue weighted by Crippen LogP contribution is 2.31. The molecule has 5 heteroatoms. The largest absolute Gasteiger partial charge is 0.508 e. The molecule has 1 saturated carbocycles. The van der Waals surface area contributed by atoms with Gasteiger partial charge in [0.05, 0.1) is 0 Å². The molecule has 0 spiro atoms. The lowest BCUT2D eigenvalue weighted by atomic mass is 10.00. The first-order valence-electron chi connectivity index (χ1n) is 10.9. The molecule has 1 saturated heterocycles. The molecule has 2 aromatic carbocycles. The van der Waals surface area contributed by atoms with Gasteiger partial charge in [-0.05, 0) is 48.6 Å². The molecule has 1 amide bonds. The fourth-order valence-electron chi connectivity index (χ4n) is 4.91. The molecular formula is C25H28N3O2+. The number of aromatic hydroxyl groups is 1. The van der Waals surface area contributed by atoms with E-state index in [1.165, 1.54) is 25.7 Å². The molecule has 30 heavy (non-hydrogen) atoms. The van der Waals surface area contributed by atoms with Crippen molar-refractivity contribution in [1.82, 2.24) is 10.2 Å². The van der Waals surface area contributed by atoms with Crippen molar-refractivity contribution in [3.05, 3.63) is 77.2 Å². The van der Waals surface area contributed by atoms with Crippen LogP contribution in [0.25, 0.3) is 0 Å². The van der Waals surface area contributed by atoms with Crippen molar-refractivity contribution in [1.29, 1.82) is 0 Å². The van der Waals surface area contributed by atoms with Gasteiger partial charge in [0, 0.05) is 18.4 Å². The maximum atomic E-state index is 13.3. The van der Waals surface area contributed by atoms with E-state index in [9.17, 15) is 9.90 Å². The fraction of sp³-hybridized carbons (Fsp3) is 0.360. The van der Waals surface area contributed by atoms with E-state index in [1.807, 2.05) is 35.2 Å². The number of allylic oxidation sites excluding steroid dienone is 1. The Hall–Kier alpha value is -3.08. The molecule has 2 heterocycles. The number of carbonyl (C=O) groups is 1. The van der Waals surface area contributed by atoms with Crippen LogP contribution >= 0.6 is 0 Å². The Labute approximate surface area is 177 Å². The van der Waals surface area contributed by atoms with Crippen LogP contribution in [-0.4, -0.2) is 34.2 Å². The van der Waals surface area contributed by atoms with E-state index in [-0.39, 0.29) is 17.7 Å². The molecule has 5 rings (SSSR count). The molecule has 1 unspecified atom stereocenters. The van der Waals surface area contributed by atoms with Crippen LogP contribution in [0.15, 0.2) is 66.1 Å².